The van der Waals surface area contributed by atoms with Crippen molar-refractivity contribution in [2.75, 3.05) is 24.0 Å². The van der Waals surface area contributed by atoms with Gasteiger partial charge in [-0.15, -0.1) is 0 Å². The van der Waals surface area contributed by atoms with Gasteiger partial charge in [0, 0.05) is 47.0 Å². The molecule has 0 spiro atoms. The summed E-state index contributed by atoms with van der Waals surface area (Å²) in [5.74, 6) is -1.21. The van der Waals surface area contributed by atoms with Gasteiger partial charge < -0.3 is 25.4 Å². The van der Waals surface area contributed by atoms with Gasteiger partial charge in [0.05, 0.1) is 6.10 Å². The third kappa shape index (κ3) is 7.83. The molecule has 0 bridgehead atoms. The molecule has 4 rings (SSSR count). The quantitative estimate of drug-likeness (QED) is 0.195. The summed E-state index contributed by atoms with van der Waals surface area (Å²) in [6.07, 6.45) is 1.17. The molecule has 4 aromatic rings. The molecule has 2 unspecified atom stereocenters. The first-order chi connectivity index (χ1) is 18.5. The highest BCUT2D eigenvalue weighted by Gasteiger charge is 2.17. The Kier molecular flexibility index (Phi) is 8.97. The highest BCUT2D eigenvalue weighted by atomic mass is 35.5. The molecule has 0 saturated carbocycles. The normalized spacial score (nSPS) is 13.3. The highest BCUT2D eigenvalue weighted by Crippen LogP contribution is 2.25. The number of aliphatic hydroxyl groups is 1. The number of carboxylic acid groups (broad SMARTS) is 1. The average molecular weight is 570 g/mol. The third-order valence-electron chi connectivity index (χ3n) is 6.43. The Morgan fingerprint density at radius 1 is 1.03 bits per heavy atom. The molecular formula is C29H32ClN3O5S. The highest BCUT2D eigenvalue weighted by molar-refractivity contribution is 7.90. The van der Waals surface area contributed by atoms with Crippen molar-refractivity contribution in [1.82, 2.24) is 9.88 Å². The van der Waals surface area contributed by atoms with Crippen molar-refractivity contribution >= 4 is 44.0 Å². The summed E-state index contributed by atoms with van der Waals surface area (Å²) >= 11 is 6.03. The minimum atomic E-state index is -3.18. The maximum Gasteiger partial charge on any atom is 0.352 e. The lowest BCUT2D eigenvalue weighted by molar-refractivity contribution is 0.0686. The van der Waals surface area contributed by atoms with E-state index in [9.17, 15) is 23.4 Å². The smallest absolute Gasteiger partial charge is 0.352 e. The van der Waals surface area contributed by atoms with Crippen LogP contribution in [0.25, 0.3) is 10.9 Å². The van der Waals surface area contributed by atoms with Crippen LogP contribution in [0, 0.1) is 0 Å². The number of fused-ring (bicyclic) bond motifs is 1. The first-order valence-corrected chi connectivity index (χ1v) is 15.0. The van der Waals surface area contributed by atoms with Crippen LogP contribution in [0.15, 0.2) is 72.8 Å². The summed E-state index contributed by atoms with van der Waals surface area (Å²) in [5.41, 5.74) is 4.25. The number of anilines is 1. The van der Waals surface area contributed by atoms with E-state index in [1.807, 2.05) is 55.5 Å². The summed E-state index contributed by atoms with van der Waals surface area (Å²) < 4.78 is 24.7. The molecule has 3 aromatic carbocycles. The van der Waals surface area contributed by atoms with E-state index in [-0.39, 0.29) is 17.6 Å². The molecule has 10 heteroatoms. The number of carbonyl (C=O) groups is 1. The van der Waals surface area contributed by atoms with E-state index in [0.717, 1.165) is 33.8 Å². The standard InChI is InChI=1S/C29H32ClN3O5S/c1-19(31-16-28(34)22-6-4-7-24(30)14-22)11-20-9-10-26-23(12-20)15-27(29(35)36)33(26)17-21-5-3-8-25(13-21)32-18-39(2,37)38/h3-10,12-15,19,28,31-32,34H,11,16-18H2,1-2H3,(H,35,36). The lowest BCUT2D eigenvalue weighted by Gasteiger charge is -2.18. The second kappa shape index (κ2) is 12.2. The van der Waals surface area contributed by atoms with E-state index in [1.165, 1.54) is 0 Å². The van der Waals surface area contributed by atoms with Gasteiger partial charge in [0.15, 0.2) is 9.84 Å². The van der Waals surface area contributed by atoms with Gasteiger partial charge in [0.1, 0.15) is 11.6 Å². The van der Waals surface area contributed by atoms with Gasteiger partial charge in [0.25, 0.3) is 0 Å². The second-order valence-corrected chi connectivity index (χ2v) is 12.4. The SMILES string of the molecule is CC(Cc1ccc2c(c1)cc(C(=O)O)n2Cc1cccc(NCS(C)(=O)=O)c1)NCC(O)c1cccc(Cl)c1. The summed E-state index contributed by atoms with van der Waals surface area (Å²) in [6, 6.07) is 22.1. The fourth-order valence-corrected chi connectivity index (χ4v) is 5.17. The molecule has 206 valence electrons. The van der Waals surface area contributed by atoms with Gasteiger partial charge in [0.2, 0.25) is 0 Å². The Bertz CT molecular complexity index is 1590. The Morgan fingerprint density at radius 2 is 1.79 bits per heavy atom. The number of aromatic carboxylic acids is 1. The van der Waals surface area contributed by atoms with Crippen molar-refractivity contribution in [3.05, 3.63) is 100 Å². The van der Waals surface area contributed by atoms with Crippen molar-refractivity contribution < 1.29 is 23.4 Å². The molecule has 4 N–H and O–H groups in total. The molecule has 1 aromatic heterocycles. The largest absolute Gasteiger partial charge is 0.477 e. The number of aliphatic hydroxyl groups excluding tert-OH is 1. The third-order valence-corrected chi connectivity index (χ3v) is 7.33. The average Bonchev–Trinajstić information content (AvgIpc) is 3.23. The molecule has 1 heterocycles. The first kappa shape index (κ1) is 28.6. The Labute approximate surface area is 233 Å². The van der Waals surface area contributed by atoms with Crippen LogP contribution in [0.4, 0.5) is 5.69 Å². The van der Waals surface area contributed by atoms with Gasteiger partial charge in [-0.1, -0.05) is 41.9 Å². The molecule has 8 nitrogen and oxygen atoms in total. The van der Waals surface area contributed by atoms with Gasteiger partial charge in [-0.25, -0.2) is 13.2 Å². The van der Waals surface area contributed by atoms with E-state index >= 15 is 0 Å². The van der Waals surface area contributed by atoms with Crippen LogP contribution < -0.4 is 10.6 Å². The number of nitrogens with zero attached hydrogens (tertiary/aromatic N) is 1. The van der Waals surface area contributed by atoms with Crippen molar-refractivity contribution in [3.8, 4) is 0 Å². The van der Waals surface area contributed by atoms with E-state index < -0.39 is 21.9 Å². The predicted octanol–water partition coefficient (Wildman–Crippen LogP) is 4.71. The van der Waals surface area contributed by atoms with E-state index in [1.54, 1.807) is 28.8 Å². The number of aromatic nitrogens is 1. The number of nitrogens with one attached hydrogen (secondary N) is 2. The van der Waals surface area contributed by atoms with Crippen LogP contribution in [0.5, 0.6) is 0 Å². The number of carboxylic acids is 1. The molecular weight excluding hydrogens is 538 g/mol. The number of hydrogen-bond acceptors (Lipinski definition) is 6. The summed E-state index contributed by atoms with van der Waals surface area (Å²) in [5, 5.41) is 28.0. The number of halogens is 1. The monoisotopic (exact) mass is 569 g/mol. The Hall–Kier alpha value is -3.37. The minimum Gasteiger partial charge on any atom is -0.477 e. The van der Waals surface area contributed by atoms with Crippen LogP contribution in [0.3, 0.4) is 0 Å². The molecule has 0 saturated heterocycles. The molecule has 2 atom stereocenters. The molecule has 39 heavy (non-hydrogen) atoms. The van der Waals surface area contributed by atoms with Crippen LogP contribution in [0.1, 0.15) is 40.2 Å². The second-order valence-electron chi connectivity index (χ2n) is 9.85. The maximum atomic E-state index is 12.1. The number of rotatable bonds is 12. The molecule has 0 radical (unpaired) electrons. The summed E-state index contributed by atoms with van der Waals surface area (Å²) in [6.45, 7) is 2.73. The van der Waals surface area contributed by atoms with Crippen LogP contribution >= 0.6 is 11.6 Å². The number of benzene rings is 3. The zero-order valence-electron chi connectivity index (χ0n) is 21.8. The zero-order valence-corrected chi connectivity index (χ0v) is 23.3. The van der Waals surface area contributed by atoms with Gasteiger partial charge in [-0.2, -0.15) is 0 Å². The van der Waals surface area contributed by atoms with Crippen LogP contribution in [0.2, 0.25) is 5.02 Å². The van der Waals surface area contributed by atoms with Crippen molar-refractivity contribution in [2.24, 2.45) is 0 Å². The fraction of sp³-hybridized carbons (Fsp3) is 0.276. The van der Waals surface area contributed by atoms with E-state index in [0.29, 0.717) is 30.2 Å². The molecule has 0 amide bonds. The molecule has 0 aliphatic rings. The van der Waals surface area contributed by atoms with Gasteiger partial charge >= 0.3 is 5.97 Å². The summed E-state index contributed by atoms with van der Waals surface area (Å²) in [4.78, 5) is 12.1. The Morgan fingerprint density at radius 3 is 2.51 bits per heavy atom. The van der Waals surface area contributed by atoms with Crippen LogP contribution in [-0.4, -0.2) is 53.9 Å². The van der Waals surface area contributed by atoms with Gasteiger partial charge in [-0.3, -0.25) is 0 Å². The Balaban J connectivity index is 1.47. The van der Waals surface area contributed by atoms with Crippen LogP contribution in [-0.2, 0) is 22.8 Å². The van der Waals surface area contributed by atoms with Crippen molar-refractivity contribution in [3.63, 3.8) is 0 Å². The number of hydrogen-bond donors (Lipinski definition) is 4. The maximum absolute atomic E-state index is 12.1. The van der Waals surface area contributed by atoms with Gasteiger partial charge in [-0.05, 0) is 72.5 Å². The predicted molar refractivity (Wildman–Crippen MR) is 155 cm³/mol. The van der Waals surface area contributed by atoms with E-state index in [4.69, 9.17) is 11.6 Å². The first-order valence-electron chi connectivity index (χ1n) is 12.5. The molecule has 0 aliphatic heterocycles. The summed E-state index contributed by atoms with van der Waals surface area (Å²) in [7, 11) is -3.18. The lowest BCUT2D eigenvalue weighted by atomic mass is 10.0. The topological polar surface area (TPSA) is 121 Å². The molecule has 0 aliphatic carbocycles. The van der Waals surface area contributed by atoms with Crippen molar-refractivity contribution in [2.45, 2.75) is 32.0 Å². The fourth-order valence-electron chi connectivity index (χ4n) is 4.54. The van der Waals surface area contributed by atoms with E-state index in [2.05, 4.69) is 10.6 Å². The minimum absolute atomic E-state index is 0.0690. The zero-order chi connectivity index (χ0) is 28.2. The number of sulfone groups is 1. The van der Waals surface area contributed by atoms with Crippen molar-refractivity contribution in [1.29, 1.82) is 0 Å². The lowest BCUT2D eigenvalue weighted by Crippen LogP contribution is -2.32. The molecule has 0 fully saturated rings.